The fraction of sp³-hybridized carbons (Fsp3) is 0.125. The maximum absolute atomic E-state index is 9.22. The molecule has 0 saturated heterocycles. The maximum Gasteiger partial charge on any atom is 0.152 e. The number of hydroxylamine groups is 1. The number of aromatic nitrogens is 1. The van der Waals surface area contributed by atoms with Crippen LogP contribution in [0.15, 0.2) is 37.1 Å². The molecule has 0 aliphatic rings. The Morgan fingerprint density at radius 3 is 3.00 bits per heavy atom. The highest BCUT2D eigenvalue weighted by atomic mass is 16.5. The minimum Gasteiger partial charge on any atom is -0.287 e. The van der Waals surface area contributed by atoms with Gasteiger partial charge in [0.15, 0.2) is 5.82 Å². The second-order valence-corrected chi connectivity index (χ2v) is 2.06. The average molecular weight is 150 g/mol. The topological polar surface area (TPSA) is 36.4 Å². The molecule has 0 amide bonds. The maximum atomic E-state index is 9.22. The van der Waals surface area contributed by atoms with Gasteiger partial charge in [-0.05, 0) is 12.1 Å². The Morgan fingerprint density at radius 2 is 2.45 bits per heavy atom. The van der Waals surface area contributed by atoms with Gasteiger partial charge >= 0.3 is 0 Å². The minimum absolute atomic E-state index is 0.386. The summed E-state index contributed by atoms with van der Waals surface area (Å²) >= 11 is 0. The van der Waals surface area contributed by atoms with Gasteiger partial charge < -0.3 is 0 Å². The Kier molecular flexibility index (Phi) is 2.63. The third kappa shape index (κ3) is 2.05. The third-order valence-corrected chi connectivity index (χ3v) is 1.22. The molecule has 0 aliphatic heterocycles. The molecule has 3 nitrogen and oxygen atoms in total. The smallest absolute Gasteiger partial charge is 0.152 e. The monoisotopic (exact) mass is 150 g/mol. The zero-order valence-corrected chi connectivity index (χ0v) is 6.14. The van der Waals surface area contributed by atoms with Crippen LogP contribution in [0.25, 0.3) is 0 Å². The molecule has 0 radical (unpaired) electrons. The summed E-state index contributed by atoms with van der Waals surface area (Å²) in [5.41, 5.74) is 0. The van der Waals surface area contributed by atoms with Crippen molar-refractivity contribution >= 4 is 5.82 Å². The van der Waals surface area contributed by atoms with Crippen LogP contribution in [0.5, 0.6) is 0 Å². The number of pyridine rings is 1. The summed E-state index contributed by atoms with van der Waals surface area (Å²) in [5, 5.41) is 10.3. The molecule has 0 aromatic carbocycles. The molecule has 1 rings (SSSR count). The van der Waals surface area contributed by atoms with Gasteiger partial charge in [-0.25, -0.2) is 10.0 Å². The van der Waals surface area contributed by atoms with Crippen LogP contribution in [0.1, 0.15) is 0 Å². The van der Waals surface area contributed by atoms with E-state index in [0.29, 0.717) is 12.4 Å². The summed E-state index contributed by atoms with van der Waals surface area (Å²) in [4.78, 5) is 3.93. The van der Waals surface area contributed by atoms with Crippen molar-refractivity contribution in [3.63, 3.8) is 0 Å². The highest BCUT2D eigenvalue weighted by Gasteiger charge is 1.98. The first-order valence-electron chi connectivity index (χ1n) is 3.33. The zero-order valence-electron chi connectivity index (χ0n) is 6.14. The fourth-order valence-corrected chi connectivity index (χ4v) is 0.722. The lowest BCUT2D eigenvalue weighted by molar-refractivity contribution is 0.263. The molecule has 1 aromatic heterocycles. The van der Waals surface area contributed by atoms with E-state index in [1.54, 1.807) is 24.4 Å². The van der Waals surface area contributed by atoms with Crippen LogP contribution in [0.3, 0.4) is 0 Å². The summed E-state index contributed by atoms with van der Waals surface area (Å²) in [6.45, 7) is 3.88. The molecule has 0 unspecified atom stereocenters. The van der Waals surface area contributed by atoms with Crippen LogP contribution < -0.4 is 5.06 Å². The first-order chi connectivity index (χ1) is 5.34. The molecular weight excluding hydrogens is 140 g/mol. The van der Waals surface area contributed by atoms with Gasteiger partial charge in [0.05, 0.1) is 6.54 Å². The Balaban J connectivity index is 2.68. The van der Waals surface area contributed by atoms with E-state index >= 15 is 0 Å². The van der Waals surface area contributed by atoms with Crippen molar-refractivity contribution in [2.45, 2.75) is 0 Å². The van der Waals surface area contributed by atoms with Crippen LogP contribution in [-0.4, -0.2) is 16.7 Å². The van der Waals surface area contributed by atoms with E-state index in [4.69, 9.17) is 0 Å². The van der Waals surface area contributed by atoms with Gasteiger partial charge in [-0.15, -0.1) is 6.58 Å². The molecular formula is C8H10N2O. The molecule has 3 heteroatoms. The zero-order chi connectivity index (χ0) is 8.10. The number of anilines is 1. The predicted octanol–water partition coefficient (Wildman–Crippen LogP) is 1.46. The Morgan fingerprint density at radius 1 is 1.64 bits per heavy atom. The minimum atomic E-state index is 0.386. The van der Waals surface area contributed by atoms with Gasteiger partial charge in [0.2, 0.25) is 0 Å². The van der Waals surface area contributed by atoms with Gasteiger partial charge in [0, 0.05) is 6.20 Å². The highest BCUT2D eigenvalue weighted by Crippen LogP contribution is 2.04. The molecule has 0 saturated carbocycles. The van der Waals surface area contributed by atoms with E-state index in [9.17, 15) is 5.21 Å². The average Bonchev–Trinajstić information content (AvgIpc) is 2.07. The fourth-order valence-electron chi connectivity index (χ4n) is 0.722. The van der Waals surface area contributed by atoms with Gasteiger partial charge in [0.1, 0.15) is 0 Å². The van der Waals surface area contributed by atoms with Crippen molar-refractivity contribution in [2.24, 2.45) is 0 Å². The largest absolute Gasteiger partial charge is 0.287 e. The molecule has 0 aliphatic carbocycles. The van der Waals surface area contributed by atoms with E-state index in [-0.39, 0.29) is 0 Å². The standard InChI is InChI=1S/C8H10N2O/c1-2-7-10(11)8-5-3-4-6-9-8/h2-6,11H,1,7H2. The first-order valence-corrected chi connectivity index (χ1v) is 3.33. The van der Waals surface area contributed by atoms with Crippen molar-refractivity contribution in [2.75, 3.05) is 11.6 Å². The lowest BCUT2D eigenvalue weighted by Gasteiger charge is -2.11. The second-order valence-electron chi connectivity index (χ2n) is 2.06. The number of nitrogens with zero attached hydrogens (tertiary/aromatic N) is 2. The Bertz CT molecular complexity index is 223. The summed E-state index contributed by atoms with van der Waals surface area (Å²) in [6, 6.07) is 5.34. The molecule has 11 heavy (non-hydrogen) atoms. The highest BCUT2D eigenvalue weighted by molar-refractivity contribution is 5.34. The number of hydrogen-bond donors (Lipinski definition) is 1. The molecule has 0 atom stereocenters. The van der Waals surface area contributed by atoms with Crippen LogP contribution in [0.2, 0.25) is 0 Å². The Labute approximate surface area is 65.6 Å². The van der Waals surface area contributed by atoms with E-state index < -0.39 is 0 Å². The summed E-state index contributed by atoms with van der Waals surface area (Å²) in [7, 11) is 0. The van der Waals surface area contributed by atoms with Crippen molar-refractivity contribution in [3.05, 3.63) is 37.1 Å². The van der Waals surface area contributed by atoms with Gasteiger partial charge in [-0.1, -0.05) is 12.1 Å². The van der Waals surface area contributed by atoms with Crippen LogP contribution >= 0.6 is 0 Å². The number of rotatable bonds is 3. The number of hydrogen-bond acceptors (Lipinski definition) is 3. The molecule has 0 fully saturated rings. The van der Waals surface area contributed by atoms with Crippen LogP contribution in [0, 0.1) is 0 Å². The molecule has 0 spiro atoms. The predicted molar refractivity (Wildman–Crippen MR) is 43.6 cm³/mol. The van der Waals surface area contributed by atoms with Crippen molar-refractivity contribution in [1.29, 1.82) is 0 Å². The van der Waals surface area contributed by atoms with E-state index in [1.807, 2.05) is 6.07 Å². The van der Waals surface area contributed by atoms with Crippen molar-refractivity contribution in [1.82, 2.24) is 4.98 Å². The van der Waals surface area contributed by atoms with E-state index in [2.05, 4.69) is 11.6 Å². The quantitative estimate of drug-likeness (QED) is 0.523. The Hall–Kier alpha value is -1.35. The van der Waals surface area contributed by atoms with Crippen molar-refractivity contribution in [3.8, 4) is 0 Å². The van der Waals surface area contributed by atoms with E-state index in [0.717, 1.165) is 5.06 Å². The molecule has 1 heterocycles. The van der Waals surface area contributed by atoms with Gasteiger partial charge in [-0.2, -0.15) is 0 Å². The normalized spacial score (nSPS) is 9.18. The van der Waals surface area contributed by atoms with Crippen LogP contribution in [-0.2, 0) is 0 Å². The lowest BCUT2D eigenvalue weighted by atomic mass is 10.4. The summed E-state index contributed by atoms with van der Waals surface area (Å²) in [5.74, 6) is 0.535. The molecule has 1 aromatic rings. The first kappa shape index (κ1) is 7.75. The van der Waals surface area contributed by atoms with Crippen molar-refractivity contribution < 1.29 is 5.21 Å². The molecule has 58 valence electrons. The lowest BCUT2D eigenvalue weighted by Crippen LogP contribution is -2.18. The van der Waals surface area contributed by atoms with Gasteiger partial charge in [0.25, 0.3) is 0 Å². The van der Waals surface area contributed by atoms with Crippen LogP contribution in [0.4, 0.5) is 5.82 Å². The molecule has 0 bridgehead atoms. The third-order valence-electron chi connectivity index (χ3n) is 1.22. The summed E-state index contributed by atoms with van der Waals surface area (Å²) < 4.78 is 0. The van der Waals surface area contributed by atoms with Gasteiger partial charge in [-0.3, -0.25) is 5.21 Å². The SMILES string of the molecule is C=CCN(O)c1ccccn1. The summed E-state index contributed by atoms with van der Waals surface area (Å²) in [6.07, 6.45) is 3.23. The second kappa shape index (κ2) is 3.73. The molecule has 1 N–H and O–H groups in total. The van der Waals surface area contributed by atoms with E-state index in [1.165, 1.54) is 0 Å².